The number of rotatable bonds is 7. The molecule has 1 heterocycles. The summed E-state index contributed by atoms with van der Waals surface area (Å²) in [7, 11) is 3.68. The van der Waals surface area contributed by atoms with Gasteiger partial charge in [0.25, 0.3) is 0 Å². The largest absolute Gasteiger partial charge is 0.497 e. The molecule has 0 spiro atoms. The van der Waals surface area contributed by atoms with Crippen LogP contribution in [0.1, 0.15) is 30.6 Å². The van der Waals surface area contributed by atoms with Gasteiger partial charge in [-0.15, -0.1) is 0 Å². The van der Waals surface area contributed by atoms with Crippen LogP contribution in [0.3, 0.4) is 0 Å². The lowest BCUT2D eigenvalue weighted by Gasteiger charge is -2.20. The van der Waals surface area contributed by atoms with Crippen LogP contribution in [-0.4, -0.2) is 23.4 Å². The van der Waals surface area contributed by atoms with Gasteiger partial charge in [-0.1, -0.05) is 19.1 Å². The summed E-state index contributed by atoms with van der Waals surface area (Å²) in [5, 5.41) is 7.93. The quantitative estimate of drug-likeness (QED) is 0.829. The number of hydrogen-bond acceptors (Lipinski definition) is 3. The van der Waals surface area contributed by atoms with E-state index in [2.05, 4.69) is 45.4 Å². The molecule has 0 aliphatic rings. The van der Waals surface area contributed by atoms with Gasteiger partial charge in [0.1, 0.15) is 5.75 Å². The Labute approximate surface area is 134 Å². The fraction of sp³-hybridized carbons (Fsp3) is 0.438. The van der Waals surface area contributed by atoms with Gasteiger partial charge in [0, 0.05) is 7.05 Å². The maximum atomic E-state index is 5.31. The lowest BCUT2D eigenvalue weighted by atomic mass is 10.0. The lowest BCUT2D eigenvalue weighted by molar-refractivity contribution is 0.413. The average Bonchev–Trinajstić information content (AvgIpc) is 2.83. The van der Waals surface area contributed by atoms with Crippen LogP contribution in [0.2, 0.25) is 0 Å². The summed E-state index contributed by atoms with van der Waals surface area (Å²) in [6, 6.07) is 8.44. The number of aryl methyl sites for hydroxylation is 1. The maximum absolute atomic E-state index is 5.31. The lowest BCUT2D eigenvalue weighted by Crippen LogP contribution is -2.26. The minimum absolute atomic E-state index is 0.221. The van der Waals surface area contributed by atoms with Gasteiger partial charge >= 0.3 is 0 Å². The van der Waals surface area contributed by atoms with Crippen molar-refractivity contribution in [3.05, 3.63) is 46.2 Å². The van der Waals surface area contributed by atoms with Crippen LogP contribution >= 0.6 is 15.9 Å². The summed E-state index contributed by atoms with van der Waals surface area (Å²) in [6.45, 7) is 3.15. The number of ether oxygens (including phenoxy) is 1. The Bertz CT molecular complexity index is 563. The van der Waals surface area contributed by atoms with Crippen molar-refractivity contribution >= 4 is 15.9 Å². The molecule has 0 amide bonds. The first-order valence-electron chi connectivity index (χ1n) is 7.19. The highest BCUT2D eigenvalue weighted by Gasteiger charge is 2.19. The fourth-order valence-corrected chi connectivity index (χ4v) is 3.06. The van der Waals surface area contributed by atoms with Crippen molar-refractivity contribution in [1.82, 2.24) is 15.1 Å². The van der Waals surface area contributed by atoms with Gasteiger partial charge in [0.2, 0.25) is 0 Å². The Morgan fingerprint density at radius 1 is 1.43 bits per heavy atom. The zero-order valence-corrected chi connectivity index (χ0v) is 14.4. The molecule has 21 heavy (non-hydrogen) atoms. The third-order valence-corrected chi connectivity index (χ3v) is 4.09. The highest BCUT2D eigenvalue weighted by atomic mass is 79.9. The smallest absolute Gasteiger partial charge is 0.119 e. The van der Waals surface area contributed by atoms with E-state index in [0.29, 0.717) is 0 Å². The Balaban J connectivity index is 2.24. The van der Waals surface area contributed by atoms with Gasteiger partial charge in [-0.25, -0.2) is 0 Å². The first kappa shape index (κ1) is 16.0. The molecule has 1 unspecified atom stereocenters. The van der Waals surface area contributed by atoms with E-state index in [9.17, 15) is 0 Å². The molecule has 4 nitrogen and oxygen atoms in total. The molecule has 0 radical (unpaired) electrons. The van der Waals surface area contributed by atoms with Gasteiger partial charge in [-0.05, 0) is 53.0 Å². The van der Waals surface area contributed by atoms with E-state index in [1.807, 2.05) is 30.1 Å². The molecule has 1 atom stereocenters. The zero-order chi connectivity index (χ0) is 15.2. The van der Waals surface area contributed by atoms with Gasteiger partial charge < -0.3 is 10.1 Å². The molecule has 0 saturated heterocycles. The third-order valence-electron chi connectivity index (χ3n) is 3.48. The molecule has 0 aliphatic heterocycles. The van der Waals surface area contributed by atoms with E-state index in [1.165, 1.54) is 11.3 Å². The first-order chi connectivity index (χ1) is 10.2. The van der Waals surface area contributed by atoms with Crippen molar-refractivity contribution in [2.75, 3.05) is 13.7 Å². The Kier molecular flexibility index (Phi) is 5.82. The first-order valence-corrected chi connectivity index (χ1v) is 7.98. The van der Waals surface area contributed by atoms with Crippen molar-refractivity contribution in [2.45, 2.75) is 25.8 Å². The summed E-state index contributed by atoms with van der Waals surface area (Å²) in [4.78, 5) is 0. The van der Waals surface area contributed by atoms with E-state index in [4.69, 9.17) is 4.74 Å². The monoisotopic (exact) mass is 351 g/mol. The van der Waals surface area contributed by atoms with Crippen LogP contribution in [0, 0.1) is 0 Å². The van der Waals surface area contributed by atoms with E-state index in [-0.39, 0.29) is 6.04 Å². The summed E-state index contributed by atoms with van der Waals surface area (Å²) < 4.78 is 8.28. The van der Waals surface area contributed by atoms with E-state index in [0.717, 1.165) is 29.6 Å². The molecule has 0 fully saturated rings. The molecule has 0 bridgehead atoms. The molecule has 1 N–H and O–H groups in total. The van der Waals surface area contributed by atoms with Gasteiger partial charge in [0.05, 0.1) is 29.5 Å². The number of hydrogen-bond donors (Lipinski definition) is 1. The number of aromatic nitrogens is 2. The topological polar surface area (TPSA) is 39.1 Å². The van der Waals surface area contributed by atoms with Crippen LogP contribution in [-0.2, 0) is 13.5 Å². The number of benzene rings is 1. The predicted octanol–water partition coefficient (Wildman–Crippen LogP) is 3.47. The molecule has 0 aliphatic carbocycles. The van der Waals surface area contributed by atoms with Crippen LogP contribution in [0.4, 0.5) is 0 Å². The van der Waals surface area contributed by atoms with Crippen LogP contribution in [0.5, 0.6) is 5.75 Å². The number of nitrogens with zero attached hydrogens (tertiary/aromatic N) is 2. The molecule has 2 rings (SSSR count). The molecule has 114 valence electrons. The summed E-state index contributed by atoms with van der Waals surface area (Å²) in [6.07, 6.45) is 3.85. The maximum Gasteiger partial charge on any atom is 0.119 e. The van der Waals surface area contributed by atoms with E-state index in [1.54, 1.807) is 7.11 Å². The van der Waals surface area contributed by atoms with Crippen LogP contribution in [0.25, 0.3) is 0 Å². The molecular weight excluding hydrogens is 330 g/mol. The molecule has 5 heteroatoms. The summed E-state index contributed by atoms with van der Waals surface area (Å²) in [5.41, 5.74) is 2.42. The van der Waals surface area contributed by atoms with E-state index < -0.39 is 0 Å². The Morgan fingerprint density at radius 2 is 2.24 bits per heavy atom. The zero-order valence-electron chi connectivity index (χ0n) is 12.8. The van der Waals surface area contributed by atoms with E-state index >= 15 is 0 Å². The van der Waals surface area contributed by atoms with Crippen LogP contribution < -0.4 is 10.1 Å². The number of nitrogens with one attached hydrogen (secondary N) is 1. The van der Waals surface area contributed by atoms with Gasteiger partial charge in [-0.2, -0.15) is 5.10 Å². The second kappa shape index (κ2) is 7.61. The normalized spacial score (nSPS) is 12.4. The molecule has 1 aromatic carbocycles. The van der Waals surface area contributed by atoms with Gasteiger partial charge in [-0.3, -0.25) is 4.68 Å². The van der Waals surface area contributed by atoms with Crippen molar-refractivity contribution in [3.8, 4) is 5.75 Å². The predicted molar refractivity (Wildman–Crippen MR) is 88.6 cm³/mol. The second-order valence-electron chi connectivity index (χ2n) is 5.06. The van der Waals surface area contributed by atoms with Crippen molar-refractivity contribution in [3.63, 3.8) is 0 Å². The van der Waals surface area contributed by atoms with Gasteiger partial charge in [0.15, 0.2) is 0 Å². The standard InChI is InChI=1S/C16H22BrN3O/c1-4-8-18-15(16-14(17)11-19-20(16)2)10-12-6-5-7-13(9-12)21-3/h5-7,9,11,15,18H,4,8,10H2,1-3H3. The Hall–Kier alpha value is -1.33. The molecule has 2 aromatic rings. The second-order valence-corrected chi connectivity index (χ2v) is 5.92. The minimum atomic E-state index is 0.221. The molecule has 1 aromatic heterocycles. The highest BCUT2D eigenvalue weighted by Crippen LogP contribution is 2.26. The fourth-order valence-electron chi connectivity index (χ4n) is 2.43. The SMILES string of the molecule is CCCNC(Cc1cccc(OC)c1)c1c(Br)cnn1C. The molecule has 0 saturated carbocycles. The van der Waals surface area contributed by atoms with Crippen molar-refractivity contribution < 1.29 is 4.74 Å². The third kappa shape index (κ3) is 4.08. The number of methoxy groups -OCH3 is 1. The Morgan fingerprint density at radius 3 is 2.86 bits per heavy atom. The number of halogens is 1. The summed E-state index contributed by atoms with van der Waals surface area (Å²) in [5.74, 6) is 0.894. The van der Waals surface area contributed by atoms with Crippen molar-refractivity contribution in [1.29, 1.82) is 0 Å². The minimum Gasteiger partial charge on any atom is -0.497 e. The highest BCUT2D eigenvalue weighted by molar-refractivity contribution is 9.10. The van der Waals surface area contributed by atoms with Crippen molar-refractivity contribution in [2.24, 2.45) is 7.05 Å². The summed E-state index contributed by atoms with van der Waals surface area (Å²) >= 11 is 3.60. The average molecular weight is 352 g/mol. The molecular formula is C16H22BrN3O. The van der Waals surface area contributed by atoms with Crippen LogP contribution in [0.15, 0.2) is 34.9 Å².